The van der Waals surface area contributed by atoms with Crippen LogP contribution in [0.25, 0.3) is 5.69 Å². The number of carbonyl (C=O) groups excluding carboxylic acids is 1. The highest BCUT2D eigenvalue weighted by Crippen LogP contribution is 2.38. The van der Waals surface area contributed by atoms with Crippen molar-refractivity contribution in [2.75, 3.05) is 11.6 Å². The lowest BCUT2D eigenvalue weighted by atomic mass is 10.3. The van der Waals surface area contributed by atoms with Gasteiger partial charge >= 0.3 is 18.6 Å². The molecular weight excluding hydrogens is 496 g/mol. The fraction of sp³-hybridized carbons (Fsp3) is 0.158. The molecule has 0 aliphatic rings. The SMILES string of the molecule is CS(=O)(=O)c1cccc(NC(=O)Oc2cnn(-c3ccc(OC(F)(F)F)cc3)c2C(F)(F)F)c1. The van der Waals surface area contributed by atoms with Crippen LogP contribution in [0.5, 0.6) is 11.5 Å². The fourth-order valence-electron chi connectivity index (χ4n) is 2.70. The predicted molar refractivity (Wildman–Crippen MR) is 104 cm³/mol. The molecule has 3 rings (SSSR count). The van der Waals surface area contributed by atoms with Crippen LogP contribution in [0.4, 0.5) is 36.8 Å². The van der Waals surface area contributed by atoms with Gasteiger partial charge in [-0.3, -0.25) is 5.32 Å². The topological polar surface area (TPSA) is 99.5 Å². The number of aromatic nitrogens is 2. The summed E-state index contributed by atoms with van der Waals surface area (Å²) in [6.07, 6.45) is -9.92. The Bertz CT molecular complexity index is 1300. The van der Waals surface area contributed by atoms with Gasteiger partial charge in [0.25, 0.3) is 0 Å². The highest BCUT2D eigenvalue weighted by Gasteiger charge is 2.40. The van der Waals surface area contributed by atoms with Crippen molar-refractivity contribution in [2.24, 2.45) is 0 Å². The van der Waals surface area contributed by atoms with E-state index in [4.69, 9.17) is 4.74 Å². The lowest BCUT2D eigenvalue weighted by molar-refractivity contribution is -0.274. The number of nitrogens with zero attached hydrogens (tertiary/aromatic N) is 2. The van der Waals surface area contributed by atoms with Crippen molar-refractivity contribution < 1.29 is 49.0 Å². The molecule has 1 amide bonds. The second kappa shape index (κ2) is 8.89. The van der Waals surface area contributed by atoms with Gasteiger partial charge < -0.3 is 9.47 Å². The Morgan fingerprint density at radius 2 is 1.68 bits per heavy atom. The van der Waals surface area contributed by atoms with Gasteiger partial charge in [0.15, 0.2) is 21.3 Å². The minimum Gasteiger partial charge on any atom is -0.406 e. The highest BCUT2D eigenvalue weighted by molar-refractivity contribution is 7.90. The second-order valence-corrected chi connectivity index (χ2v) is 8.64. The summed E-state index contributed by atoms with van der Waals surface area (Å²) in [5, 5.41) is 5.62. The molecule has 0 fully saturated rings. The molecule has 0 spiro atoms. The molecule has 8 nitrogen and oxygen atoms in total. The van der Waals surface area contributed by atoms with E-state index in [9.17, 15) is 39.6 Å². The van der Waals surface area contributed by atoms with Crippen molar-refractivity contribution >= 4 is 21.6 Å². The number of sulfone groups is 1. The van der Waals surface area contributed by atoms with Crippen LogP contribution < -0.4 is 14.8 Å². The second-order valence-electron chi connectivity index (χ2n) is 6.62. The van der Waals surface area contributed by atoms with Crippen molar-refractivity contribution in [1.29, 1.82) is 0 Å². The molecule has 1 heterocycles. The summed E-state index contributed by atoms with van der Waals surface area (Å²) >= 11 is 0. The quantitative estimate of drug-likeness (QED) is 0.496. The van der Waals surface area contributed by atoms with Gasteiger partial charge in [0.1, 0.15) is 5.75 Å². The number of ether oxygens (including phenoxy) is 2. The van der Waals surface area contributed by atoms with Crippen LogP contribution >= 0.6 is 0 Å². The first-order valence-electron chi connectivity index (χ1n) is 8.94. The first kappa shape index (κ1) is 24.9. The zero-order valence-electron chi connectivity index (χ0n) is 16.8. The maximum Gasteiger partial charge on any atom is 0.573 e. The molecule has 0 unspecified atom stereocenters. The average Bonchev–Trinajstić information content (AvgIpc) is 3.10. The molecule has 182 valence electrons. The van der Waals surface area contributed by atoms with Crippen LogP contribution in [-0.2, 0) is 16.0 Å². The first-order chi connectivity index (χ1) is 15.6. The number of benzene rings is 2. The van der Waals surface area contributed by atoms with Gasteiger partial charge in [-0.05, 0) is 42.5 Å². The number of halogens is 6. The third-order valence-corrected chi connectivity index (χ3v) is 5.14. The van der Waals surface area contributed by atoms with E-state index in [1.807, 2.05) is 0 Å². The smallest absolute Gasteiger partial charge is 0.406 e. The first-order valence-corrected chi connectivity index (χ1v) is 10.8. The molecule has 0 saturated heterocycles. The summed E-state index contributed by atoms with van der Waals surface area (Å²) in [6.45, 7) is 0. The molecular formula is C19H13F6N3O5S. The standard InChI is InChI=1S/C19H13F6N3O5S/c1-34(30,31)14-4-2-3-11(9-14)27-17(29)32-15-10-26-28(16(15)18(20,21)22)12-5-7-13(8-6-12)33-19(23,24)25/h2-10H,1H3,(H,27,29). The highest BCUT2D eigenvalue weighted by atomic mass is 32.2. The van der Waals surface area contributed by atoms with Crippen LogP contribution in [0.3, 0.4) is 0 Å². The molecule has 0 aliphatic carbocycles. The minimum absolute atomic E-state index is 0.0610. The zero-order valence-corrected chi connectivity index (χ0v) is 17.6. The lowest BCUT2D eigenvalue weighted by Gasteiger charge is -2.14. The van der Waals surface area contributed by atoms with Gasteiger partial charge in [-0.2, -0.15) is 18.3 Å². The van der Waals surface area contributed by atoms with E-state index in [0.717, 1.165) is 36.6 Å². The lowest BCUT2D eigenvalue weighted by Crippen LogP contribution is -2.20. The maximum absolute atomic E-state index is 13.7. The van der Waals surface area contributed by atoms with Crippen molar-refractivity contribution in [3.05, 3.63) is 60.4 Å². The van der Waals surface area contributed by atoms with Gasteiger partial charge in [-0.25, -0.2) is 17.9 Å². The summed E-state index contributed by atoms with van der Waals surface area (Å²) in [7, 11) is -3.61. The number of hydrogen-bond donors (Lipinski definition) is 1. The molecule has 1 aromatic heterocycles. The Morgan fingerprint density at radius 1 is 1.03 bits per heavy atom. The fourth-order valence-corrected chi connectivity index (χ4v) is 3.37. The normalized spacial score (nSPS) is 12.3. The van der Waals surface area contributed by atoms with Crippen LogP contribution in [0.15, 0.2) is 59.6 Å². The Morgan fingerprint density at radius 3 is 2.24 bits per heavy atom. The summed E-state index contributed by atoms with van der Waals surface area (Å²) < 4.78 is 110. The van der Waals surface area contributed by atoms with E-state index >= 15 is 0 Å². The Balaban J connectivity index is 1.86. The van der Waals surface area contributed by atoms with Crippen LogP contribution in [0.1, 0.15) is 5.69 Å². The number of hydrogen-bond acceptors (Lipinski definition) is 6. The van der Waals surface area contributed by atoms with Gasteiger partial charge in [0, 0.05) is 11.9 Å². The summed E-state index contributed by atoms with van der Waals surface area (Å²) in [4.78, 5) is 12.0. The molecule has 0 saturated carbocycles. The molecule has 0 atom stereocenters. The van der Waals surface area contributed by atoms with Crippen molar-refractivity contribution in [3.63, 3.8) is 0 Å². The predicted octanol–water partition coefficient (Wildman–Crippen LogP) is 4.80. The number of amides is 1. The third kappa shape index (κ3) is 6.18. The molecule has 34 heavy (non-hydrogen) atoms. The molecule has 0 bridgehead atoms. The molecule has 3 aromatic rings. The number of anilines is 1. The van der Waals surface area contributed by atoms with Crippen molar-refractivity contribution in [1.82, 2.24) is 9.78 Å². The molecule has 2 aromatic carbocycles. The van der Waals surface area contributed by atoms with Gasteiger partial charge in [0.05, 0.1) is 16.8 Å². The minimum atomic E-state index is -5.08. The monoisotopic (exact) mass is 509 g/mol. The van der Waals surface area contributed by atoms with E-state index in [-0.39, 0.29) is 16.3 Å². The number of carbonyl (C=O) groups is 1. The molecule has 0 radical (unpaired) electrons. The third-order valence-electron chi connectivity index (χ3n) is 4.03. The van der Waals surface area contributed by atoms with Crippen LogP contribution in [0.2, 0.25) is 0 Å². The molecule has 15 heteroatoms. The summed E-state index contributed by atoms with van der Waals surface area (Å²) in [5.74, 6) is -1.66. The van der Waals surface area contributed by atoms with E-state index in [1.54, 1.807) is 0 Å². The number of nitrogens with one attached hydrogen (secondary N) is 1. The Labute approximate surface area is 187 Å². The van der Waals surface area contributed by atoms with Gasteiger partial charge in [0.2, 0.25) is 0 Å². The van der Waals surface area contributed by atoms with E-state index in [1.165, 1.54) is 18.2 Å². The van der Waals surface area contributed by atoms with Crippen molar-refractivity contribution in [2.45, 2.75) is 17.4 Å². The summed E-state index contributed by atoms with van der Waals surface area (Å²) in [6, 6.07) is 8.27. The number of alkyl halides is 6. The Hall–Kier alpha value is -3.75. The van der Waals surface area contributed by atoms with E-state index in [0.29, 0.717) is 10.9 Å². The van der Waals surface area contributed by atoms with E-state index in [2.05, 4.69) is 15.2 Å². The summed E-state index contributed by atoms with van der Waals surface area (Å²) in [5.41, 5.74) is -1.87. The Kier molecular flexibility index (Phi) is 6.50. The largest absolute Gasteiger partial charge is 0.573 e. The van der Waals surface area contributed by atoms with Gasteiger partial charge in [-0.15, -0.1) is 13.2 Å². The maximum atomic E-state index is 13.7. The number of rotatable bonds is 5. The average molecular weight is 509 g/mol. The zero-order chi connectivity index (χ0) is 25.3. The van der Waals surface area contributed by atoms with Crippen LogP contribution in [-0.4, -0.2) is 36.9 Å². The van der Waals surface area contributed by atoms with Gasteiger partial charge in [-0.1, -0.05) is 6.07 Å². The van der Waals surface area contributed by atoms with Crippen molar-refractivity contribution in [3.8, 4) is 17.2 Å². The molecule has 1 N–H and O–H groups in total. The molecule has 0 aliphatic heterocycles. The van der Waals surface area contributed by atoms with E-state index < -0.39 is 45.7 Å². The van der Waals surface area contributed by atoms with Crippen LogP contribution in [0, 0.1) is 0 Å².